The van der Waals surface area contributed by atoms with Crippen LogP contribution in [0.5, 0.6) is 0 Å². The maximum atomic E-state index is 11.9. The van der Waals surface area contributed by atoms with E-state index >= 15 is 0 Å². The molecule has 0 atom stereocenters. The Balaban J connectivity index is 1.41. The predicted molar refractivity (Wildman–Crippen MR) is 151 cm³/mol. The fraction of sp³-hybridized carbons (Fsp3) is 0.484. The Kier molecular flexibility index (Phi) is 17.5. The van der Waals surface area contributed by atoms with Gasteiger partial charge in [0, 0.05) is 0 Å². The molecule has 0 saturated heterocycles. The van der Waals surface area contributed by atoms with Crippen molar-refractivity contribution in [2.75, 3.05) is 13.2 Å². The number of rotatable bonds is 20. The van der Waals surface area contributed by atoms with Crippen LogP contribution in [-0.2, 0) is 51.9 Å². The van der Waals surface area contributed by atoms with Crippen LogP contribution in [0.4, 0.5) is 9.59 Å². The molecule has 2 aromatic rings. The number of hydrogen-bond donors (Lipinski definition) is 0. The first kappa shape index (κ1) is 35.0. The minimum Gasteiger partial charge on any atom is -0.432 e. The largest absolute Gasteiger partial charge is 0.543 e. The Hall–Kier alpha value is -4.16. The number of carbonyl (C=O) groups is 4. The lowest BCUT2D eigenvalue weighted by Gasteiger charge is -2.06. The van der Waals surface area contributed by atoms with E-state index in [4.69, 9.17) is 9.47 Å². The summed E-state index contributed by atoms with van der Waals surface area (Å²) < 4.78 is 9.66. The van der Waals surface area contributed by atoms with Crippen molar-refractivity contribution in [1.29, 1.82) is 0 Å². The van der Waals surface area contributed by atoms with Crippen LogP contribution in [0.1, 0.15) is 103 Å². The van der Waals surface area contributed by atoms with E-state index < -0.39 is 24.2 Å². The SMILES string of the molecule is CCCCc1ccc(C(=O)OOOC(=O)OCCCCCCCOC(=O)OOOC(=O)c2ccc(CCCC)cc2)cc1. The van der Waals surface area contributed by atoms with Crippen LogP contribution in [0.25, 0.3) is 0 Å². The fourth-order valence-electron chi connectivity index (χ4n) is 3.72. The van der Waals surface area contributed by atoms with Crippen LogP contribution in [0, 0.1) is 0 Å². The average Bonchev–Trinajstić information content (AvgIpc) is 3.02. The van der Waals surface area contributed by atoms with Crippen LogP contribution >= 0.6 is 0 Å². The normalized spacial score (nSPS) is 10.5. The molecule has 0 aliphatic carbocycles. The quantitative estimate of drug-likeness (QED) is 0.0646. The highest BCUT2D eigenvalue weighted by Gasteiger charge is 2.13. The van der Waals surface area contributed by atoms with Crippen LogP contribution < -0.4 is 0 Å². The minimum atomic E-state index is -1.14. The highest BCUT2D eigenvalue weighted by atomic mass is 17.5. The molecule has 12 nitrogen and oxygen atoms in total. The highest BCUT2D eigenvalue weighted by Crippen LogP contribution is 2.11. The van der Waals surface area contributed by atoms with Gasteiger partial charge in [-0.3, -0.25) is 9.78 Å². The molecule has 0 spiro atoms. The van der Waals surface area contributed by atoms with Gasteiger partial charge in [-0.15, -0.1) is 0 Å². The summed E-state index contributed by atoms with van der Waals surface area (Å²) in [6, 6.07) is 13.7. The lowest BCUT2D eigenvalue weighted by atomic mass is 10.1. The number of benzene rings is 2. The molecule has 0 aliphatic heterocycles. The molecule has 0 saturated carbocycles. The zero-order chi connectivity index (χ0) is 31.1. The number of hydrogen-bond acceptors (Lipinski definition) is 12. The van der Waals surface area contributed by atoms with Crippen molar-refractivity contribution < 1.29 is 58.3 Å². The maximum Gasteiger partial charge on any atom is 0.543 e. The second kappa shape index (κ2) is 21.5. The smallest absolute Gasteiger partial charge is 0.432 e. The van der Waals surface area contributed by atoms with Crippen molar-refractivity contribution in [2.24, 2.45) is 0 Å². The Morgan fingerprint density at radius 3 is 1.23 bits per heavy atom. The Labute approximate surface area is 251 Å². The molecule has 0 fully saturated rings. The van der Waals surface area contributed by atoms with E-state index in [2.05, 4.69) is 43.5 Å². The molecule has 0 bridgehead atoms. The molecule has 0 unspecified atom stereocenters. The summed E-state index contributed by atoms with van der Waals surface area (Å²) in [5.41, 5.74) is 2.74. The molecule has 0 heterocycles. The van der Waals surface area contributed by atoms with Crippen LogP contribution in [0.15, 0.2) is 48.5 Å². The van der Waals surface area contributed by atoms with Gasteiger partial charge >= 0.3 is 24.2 Å². The third-order valence-corrected chi connectivity index (χ3v) is 6.17. The third kappa shape index (κ3) is 15.6. The lowest BCUT2D eigenvalue weighted by molar-refractivity contribution is -0.452. The highest BCUT2D eigenvalue weighted by molar-refractivity contribution is 5.89. The first-order valence-electron chi connectivity index (χ1n) is 14.5. The van der Waals surface area contributed by atoms with Gasteiger partial charge in [0.1, 0.15) is 0 Å². The van der Waals surface area contributed by atoms with Crippen molar-refractivity contribution in [2.45, 2.75) is 84.5 Å². The molecule has 2 rings (SSSR count). The van der Waals surface area contributed by atoms with Crippen molar-refractivity contribution in [3.05, 3.63) is 70.8 Å². The van der Waals surface area contributed by atoms with Crippen molar-refractivity contribution in [3.63, 3.8) is 0 Å². The van der Waals surface area contributed by atoms with E-state index in [0.717, 1.165) is 68.9 Å². The summed E-state index contributed by atoms with van der Waals surface area (Å²) in [4.78, 5) is 64.3. The van der Waals surface area contributed by atoms with E-state index in [1.165, 1.54) is 0 Å². The van der Waals surface area contributed by atoms with Crippen LogP contribution in [0.3, 0.4) is 0 Å². The van der Waals surface area contributed by atoms with E-state index in [9.17, 15) is 19.2 Å². The minimum absolute atomic E-state index is 0.0806. The van der Waals surface area contributed by atoms with Crippen molar-refractivity contribution in [3.8, 4) is 0 Å². The molecule has 12 heteroatoms. The number of aryl methyl sites for hydroxylation is 2. The zero-order valence-corrected chi connectivity index (χ0v) is 24.7. The summed E-state index contributed by atoms with van der Waals surface area (Å²) in [7, 11) is 0. The molecule has 2 aromatic carbocycles. The topological polar surface area (TPSA) is 142 Å². The summed E-state index contributed by atoms with van der Waals surface area (Å²) in [5.74, 6) is -1.61. The molecule has 0 radical (unpaired) electrons. The molecular weight excluding hydrogens is 564 g/mol. The molecule has 0 aromatic heterocycles. The number of unbranched alkanes of at least 4 members (excludes halogenated alkanes) is 6. The van der Waals surface area contributed by atoms with Crippen LogP contribution in [0.2, 0.25) is 0 Å². The van der Waals surface area contributed by atoms with Crippen molar-refractivity contribution >= 4 is 24.2 Å². The van der Waals surface area contributed by atoms with Gasteiger partial charge in [0.2, 0.25) is 0 Å². The van der Waals surface area contributed by atoms with Gasteiger partial charge in [0.25, 0.3) is 0 Å². The lowest BCUT2D eigenvalue weighted by Crippen LogP contribution is -2.13. The monoisotopic (exact) mass is 604 g/mol. The first-order chi connectivity index (χ1) is 20.9. The van der Waals surface area contributed by atoms with Gasteiger partial charge in [0.15, 0.2) is 0 Å². The molecular formula is C31H40O12. The van der Waals surface area contributed by atoms with Crippen molar-refractivity contribution in [1.82, 2.24) is 0 Å². The number of ether oxygens (including phenoxy) is 2. The Morgan fingerprint density at radius 1 is 0.488 bits per heavy atom. The molecule has 0 amide bonds. The van der Waals surface area contributed by atoms with E-state index in [1.54, 1.807) is 24.3 Å². The summed E-state index contributed by atoms with van der Waals surface area (Å²) in [6.45, 7) is 4.37. The second-order valence-corrected chi connectivity index (χ2v) is 9.61. The maximum absolute atomic E-state index is 11.9. The van der Waals surface area contributed by atoms with Gasteiger partial charge in [-0.2, -0.15) is 0 Å². The summed E-state index contributed by atoms with van der Waals surface area (Å²) in [5, 5.41) is 8.42. The molecule has 236 valence electrons. The second-order valence-electron chi connectivity index (χ2n) is 9.61. The van der Waals surface area contributed by atoms with Gasteiger partial charge in [-0.1, -0.05) is 70.2 Å². The third-order valence-electron chi connectivity index (χ3n) is 6.17. The van der Waals surface area contributed by atoms with Gasteiger partial charge in [-0.05, 0) is 73.9 Å². The molecule has 0 aliphatic rings. The number of carbonyl (C=O) groups excluding carboxylic acids is 4. The Morgan fingerprint density at radius 2 is 0.860 bits per heavy atom. The summed E-state index contributed by atoms with van der Waals surface area (Å²) >= 11 is 0. The van der Waals surface area contributed by atoms with Gasteiger partial charge in [-0.25, -0.2) is 29.0 Å². The standard InChI is InChI=1S/C31H40O12/c1-3-5-12-24-14-18-26(19-15-24)28(32)38-42-40-30(34)36-22-10-8-7-9-11-23-37-31(35)41-43-39-29(33)27-20-16-25(17-21-27)13-6-4-2/h14-21H,3-13,22-23H2,1-2H3. The summed E-state index contributed by atoms with van der Waals surface area (Å²) in [6.07, 6.45) is 7.23. The Bertz CT molecular complexity index is 1010. The molecule has 43 heavy (non-hydrogen) atoms. The van der Waals surface area contributed by atoms with E-state index in [0.29, 0.717) is 12.8 Å². The zero-order valence-electron chi connectivity index (χ0n) is 24.7. The average molecular weight is 605 g/mol. The molecule has 0 N–H and O–H groups in total. The first-order valence-corrected chi connectivity index (χ1v) is 14.5. The fourth-order valence-corrected chi connectivity index (χ4v) is 3.72. The van der Waals surface area contributed by atoms with E-state index in [1.807, 2.05) is 24.3 Å². The van der Waals surface area contributed by atoms with Gasteiger partial charge < -0.3 is 9.47 Å². The van der Waals surface area contributed by atoms with Crippen LogP contribution in [-0.4, -0.2) is 37.5 Å². The van der Waals surface area contributed by atoms with E-state index in [-0.39, 0.29) is 24.3 Å². The predicted octanol–water partition coefficient (Wildman–Crippen LogP) is 7.34. The van der Waals surface area contributed by atoms with Gasteiger partial charge in [0.05, 0.1) is 34.4 Å².